The second-order valence-electron chi connectivity index (χ2n) is 9.32. The zero-order valence-corrected chi connectivity index (χ0v) is 22.6. The Labute approximate surface area is 210 Å². The minimum absolute atomic E-state index is 0.208. The maximum atomic E-state index is 13.7. The zero-order valence-electron chi connectivity index (χ0n) is 21.7. The highest BCUT2D eigenvalue weighted by molar-refractivity contribution is 7.92. The van der Waals surface area contributed by atoms with Crippen molar-refractivity contribution in [3.8, 4) is 0 Å². The normalized spacial score (nSPS) is 12.3. The van der Waals surface area contributed by atoms with Crippen molar-refractivity contribution >= 4 is 27.5 Å². The van der Waals surface area contributed by atoms with Crippen LogP contribution in [0.25, 0.3) is 0 Å². The molecule has 2 rings (SSSR count). The molecule has 0 heterocycles. The van der Waals surface area contributed by atoms with Gasteiger partial charge in [0.25, 0.3) is 0 Å². The second-order valence-corrected chi connectivity index (χ2v) is 11.2. The van der Waals surface area contributed by atoms with Gasteiger partial charge in [0.05, 0.1) is 11.9 Å². The van der Waals surface area contributed by atoms with Gasteiger partial charge in [-0.1, -0.05) is 75.7 Å². The van der Waals surface area contributed by atoms with Crippen LogP contribution in [0.2, 0.25) is 0 Å². The number of para-hydroxylation sites is 1. The zero-order chi connectivity index (χ0) is 26.2. The van der Waals surface area contributed by atoms with Crippen LogP contribution in [0.1, 0.15) is 50.8 Å². The molecule has 0 unspecified atom stereocenters. The summed E-state index contributed by atoms with van der Waals surface area (Å²) in [4.78, 5) is 28.3. The first kappa shape index (κ1) is 28.4. The van der Waals surface area contributed by atoms with Crippen LogP contribution in [0.5, 0.6) is 0 Å². The van der Waals surface area contributed by atoms with E-state index in [1.807, 2.05) is 71.0 Å². The van der Waals surface area contributed by atoms with Gasteiger partial charge in [-0.3, -0.25) is 13.9 Å². The largest absolute Gasteiger partial charge is 0.354 e. The highest BCUT2D eigenvalue weighted by atomic mass is 32.2. The molecule has 0 spiro atoms. The van der Waals surface area contributed by atoms with Gasteiger partial charge in [-0.15, -0.1) is 0 Å². The Balaban J connectivity index is 2.44. The van der Waals surface area contributed by atoms with Crippen LogP contribution in [0.4, 0.5) is 5.69 Å². The third kappa shape index (κ3) is 8.09. The van der Waals surface area contributed by atoms with Gasteiger partial charge in [-0.25, -0.2) is 8.42 Å². The molecule has 35 heavy (non-hydrogen) atoms. The molecular weight excluding hydrogens is 462 g/mol. The van der Waals surface area contributed by atoms with Crippen molar-refractivity contribution in [1.82, 2.24) is 10.2 Å². The average molecular weight is 502 g/mol. The van der Waals surface area contributed by atoms with Crippen molar-refractivity contribution in [2.75, 3.05) is 23.7 Å². The first-order chi connectivity index (χ1) is 16.5. The fourth-order valence-corrected chi connectivity index (χ4v) is 4.76. The smallest absolute Gasteiger partial charge is 0.244 e. The summed E-state index contributed by atoms with van der Waals surface area (Å²) in [7, 11) is -3.75. The summed E-state index contributed by atoms with van der Waals surface area (Å²) in [5, 5.41) is 2.93. The molecule has 2 aromatic carbocycles. The number of rotatable bonds is 12. The molecule has 0 aliphatic carbocycles. The quantitative estimate of drug-likeness (QED) is 0.478. The van der Waals surface area contributed by atoms with Crippen molar-refractivity contribution < 1.29 is 18.0 Å². The Morgan fingerprint density at radius 3 is 2.17 bits per heavy atom. The number of carbonyl (C=O) groups is 2. The fourth-order valence-electron chi connectivity index (χ4n) is 3.88. The third-order valence-corrected chi connectivity index (χ3v) is 6.99. The molecule has 8 heteroatoms. The summed E-state index contributed by atoms with van der Waals surface area (Å²) in [5.74, 6) is -0.390. The van der Waals surface area contributed by atoms with Crippen LogP contribution >= 0.6 is 0 Å². The van der Waals surface area contributed by atoms with Gasteiger partial charge in [-0.2, -0.15) is 0 Å². The van der Waals surface area contributed by atoms with Crippen LogP contribution in [-0.2, 0) is 32.6 Å². The summed E-state index contributed by atoms with van der Waals surface area (Å²) < 4.78 is 26.7. The van der Waals surface area contributed by atoms with Gasteiger partial charge in [0.15, 0.2) is 0 Å². The van der Waals surface area contributed by atoms with Crippen molar-refractivity contribution in [2.45, 2.75) is 60.0 Å². The number of nitrogens with zero attached hydrogens (tertiary/aromatic N) is 2. The van der Waals surface area contributed by atoms with E-state index in [-0.39, 0.29) is 24.9 Å². The molecule has 1 N–H and O–H groups in total. The maximum Gasteiger partial charge on any atom is 0.244 e. The van der Waals surface area contributed by atoms with Gasteiger partial charge in [0.1, 0.15) is 12.6 Å². The maximum absolute atomic E-state index is 13.7. The van der Waals surface area contributed by atoms with Crippen molar-refractivity contribution in [3.63, 3.8) is 0 Å². The molecular formula is C27H39N3O4S. The summed E-state index contributed by atoms with van der Waals surface area (Å²) in [6.45, 7) is 10.1. The van der Waals surface area contributed by atoms with E-state index in [0.29, 0.717) is 25.1 Å². The molecule has 0 aliphatic rings. The summed E-state index contributed by atoms with van der Waals surface area (Å²) >= 11 is 0. The molecule has 0 aromatic heterocycles. The summed E-state index contributed by atoms with van der Waals surface area (Å²) in [6.07, 6.45) is 2.13. The van der Waals surface area contributed by atoms with Gasteiger partial charge in [0.2, 0.25) is 21.8 Å². The summed E-state index contributed by atoms with van der Waals surface area (Å²) in [6, 6.07) is 14.2. The van der Waals surface area contributed by atoms with Crippen LogP contribution in [0, 0.1) is 12.8 Å². The Morgan fingerprint density at radius 1 is 1.00 bits per heavy atom. The van der Waals surface area contributed by atoms with Crippen molar-refractivity contribution in [2.24, 2.45) is 5.92 Å². The molecule has 0 fully saturated rings. The lowest BCUT2D eigenvalue weighted by atomic mass is 10.1. The molecule has 2 aromatic rings. The third-order valence-electron chi connectivity index (χ3n) is 5.86. The molecule has 0 saturated carbocycles. The number of carbonyl (C=O) groups excluding carboxylic acids is 2. The van der Waals surface area contributed by atoms with E-state index in [1.165, 1.54) is 4.90 Å². The number of hydrogen-bond donors (Lipinski definition) is 1. The van der Waals surface area contributed by atoms with E-state index >= 15 is 0 Å². The van der Waals surface area contributed by atoms with Crippen LogP contribution in [-0.4, -0.2) is 50.5 Å². The average Bonchev–Trinajstić information content (AvgIpc) is 2.81. The molecule has 0 bridgehead atoms. The van der Waals surface area contributed by atoms with Gasteiger partial charge < -0.3 is 10.2 Å². The SMILES string of the molecule is CCc1ccccc1N(CC(=O)N(Cc1ccc(C)cc1)[C@@H](CC)C(=O)NCC(C)C)S(C)(=O)=O. The number of benzene rings is 2. The predicted molar refractivity (Wildman–Crippen MR) is 142 cm³/mol. The number of hydrogen-bond acceptors (Lipinski definition) is 4. The highest BCUT2D eigenvalue weighted by Gasteiger charge is 2.32. The minimum atomic E-state index is -3.75. The minimum Gasteiger partial charge on any atom is -0.354 e. The number of amides is 2. The van der Waals surface area contributed by atoms with Crippen LogP contribution in [0.15, 0.2) is 48.5 Å². The lowest BCUT2D eigenvalue weighted by molar-refractivity contribution is -0.140. The topological polar surface area (TPSA) is 86.8 Å². The Bertz CT molecular complexity index is 1100. The first-order valence-electron chi connectivity index (χ1n) is 12.2. The Morgan fingerprint density at radius 2 is 1.63 bits per heavy atom. The molecule has 2 amide bonds. The van der Waals surface area contributed by atoms with E-state index in [4.69, 9.17) is 0 Å². The Kier molecular flexibility index (Phi) is 10.3. The standard InChI is InChI=1S/C27H39N3O4S/c1-7-23-11-9-10-12-25(23)30(35(6,33)34)19-26(31)29(18-22-15-13-21(5)14-16-22)24(8-2)27(32)28-17-20(3)4/h9-16,20,24H,7-8,17-19H2,1-6H3,(H,28,32)/t24-/m0/s1. The molecule has 0 aliphatic heterocycles. The van der Waals surface area contributed by atoms with E-state index in [0.717, 1.165) is 27.3 Å². The van der Waals surface area contributed by atoms with Crippen LogP contribution < -0.4 is 9.62 Å². The van der Waals surface area contributed by atoms with Gasteiger partial charge in [-0.05, 0) is 42.9 Å². The summed E-state index contributed by atoms with van der Waals surface area (Å²) in [5.41, 5.74) is 3.28. The molecule has 1 atom stereocenters. The number of aryl methyl sites for hydroxylation is 2. The predicted octanol–water partition coefficient (Wildman–Crippen LogP) is 3.90. The number of anilines is 1. The van der Waals surface area contributed by atoms with Crippen LogP contribution in [0.3, 0.4) is 0 Å². The fraction of sp³-hybridized carbons (Fsp3) is 0.481. The molecule has 7 nitrogen and oxygen atoms in total. The number of sulfonamides is 1. The second kappa shape index (κ2) is 12.7. The van der Waals surface area contributed by atoms with E-state index in [9.17, 15) is 18.0 Å². The first-order valence-corrected chi connectivity index (χ1v) is 14.0. The van der Waals surface area contributed by atoms with Crippen molar-refractivity contribution in [3.05, 3.63) is 65.2 Å². The van der Waals surface area contributed by atoms with E-state index < -0.39 is 22.0 Å². The molecule has 192 valence electrons. The van der Waals surface area contributed by atoms with Gasteiger partial charge >= 0.3 is 0 Å². The van der Waals surface area contributed by atoms with E-state index in [1.54, 1.807) is 12.1 Å². The van der Waals surface area contributed by atoms with Gasteiger partial charge in [0, 0.05) is 13.1 Å². The molecule has 0 saturated heterocycles. The van der Waals surface area contributed by atoms with Crippen molar-refractivity contribution in [1.29, 1.82) is 0 Å². The Hall–Kier alpha value is -2.87. The number of nitrogens with one attached hydrogen (secondary N) is 1. The lowest BCUT2D eigenvalue weighted by Gasteiger charge is -2.33. The lowest BCUT2D eigenvalue weighted by Crippen LogP contribution is -2.52. The molecule has 0 radical (unpaired) electrons. The monoisotopic (exact) mass is 501 g/mol. The highest BCUT2D eigenvalue weighted by Crippen LogP contribution is 2.24. The van der Waals surface area contributed by atoms with E-state index in [2.05, 4.69) is 5.32 Å².